The smallest absolute Gasteiger partial charge is 0.227 e. The molecule has 0 aromatic heterocycles. The maximum Gasteiger partial charge on any atom is 0.227 e. The van der Waals surface area contributed by atoms with E-state index >= 15 is 0 Å². The number of amides is 1. The van der Waals surface area contributed by atoms with Gasteiger partial charge in [-0.3, -0.25) is 4.79 Å². The lowest BCUT2D eigenvalue weighted by Crippen LogP contribution is -2.40. The molecule has 4 heteroatoms. The Hall–Kier alpha value is -1.84. The molecule has 23 heavy (non-hydrogen) atoms. The fraction of sp³-hybridized carbons (Fsp3) is 0.316. The number of benzene rings is 2. The van der Waals surface area contributed by atoms with E-state index in [1.165, 1.54) is 11.1 Å². The molecule has 2 unspecified atom stereocenters. The van der Waals surface area contributed by atoms with Crippen LogP contribution in [0.2, 0.25) is 0 Å². The monoisotopic (exact) mass is 330 g/mol. The average molecular weight is 331 g/mol. The number of hydrogen-bond donors (Lipinski definition) is 2. The largest absolute Gasteiger partial charge is 0.354 e. The van der Waals surface area contributed by atoms with E-state index in [1.54, 1.807) is 0 Å². The molecule has 2 N–H and O–H groups in total. The molecular formula is C19H23ClN2O. The number of nitrogens with one attached hydrogen (secondary N) is 2. The van der Waals surface area contributed by atoms with Crippen LogP contribution in [0.15, 0.2) is 54.6 Å². The van der Waals surface area contributed by atoms with E-state index in [4.69, 9.17) is 0 Å². The second kappa shape index (κ2) is 8.14. The second-order valence-electron chi connectivity index (χ2n) is 5.83. The Morgan fingerprint density at radius 2 is 1.87 bits per heavy atom. The number of carbonyl (C=O) groups excluding carboxylic acids is 1. The number of fused-ring (bicyclic) bond motifs is 1. The first-order valence-electron chi connectivity index (χ1n) is 7.89. The Labute approximate surface area is 143 Å². The molecule has 0 saturated heterocycles. The van der Waals surface area contributed by atoms with Crippen LogP contribution in [0.3, 0.4) is 0 Å². The molecule has 1 aliphatic rings. The fourth-order valence-electron chi connectivity index (χ4n) is 3.02. The molecular weight excluding hydrogens is 308 g/mol. The fourth-order valence-corrected chi connectivity index (χ4v) is 3.02. The third kappa shape index (κ3) is 4.12. The molecule has 0 saturated carbocycles. The Bertz CT molecular complexity index is 645. The van der Waals surface area contributed by atoms with Crippen LogP contribution in [0, 0.1) is 0 Å². The molecule has 3 rings (SSSR count). The standard InChI is InChI=1S/C19H22N2O.ClH/c1-14(15-7-3-2-4-8-15)19(22)21-13-18-17-10-6-5-9-16(17)11-12-20-18;/h2-10,14,18,20H,11-13H2,1H3,(H,21,22);1H. The van der Waals surface area contributed by atoms with E-state index in [0.717, 1.165) is 18.5 Å². The van der Waals surface area contributed by atoms with Crippen molar-refractivity contribution in [3.63, 3.8) is 0 Å². The molecule has 2 aromatic rings. The van der Waals surface area contributed by atoms with Gasteiger partial charge in [-0.05, 0) is 36.6 Å². The third-order valence-electron chi connectivity index (χ3n) is 4.39. The lowest BCUT2D eigenvalue weighted by Gasteiger charge is -2.27. The van der Waals surface area contributed by atoms with E-state index in [1.807, 2.05) is 37.3 Å². The van der Waals surface area contributed by atoms with Gasteiger partial charge in [-0.1, -0.05) is 54.6 Å². The van der Waals surface area contributed by atoms with Gasteiger partial charge < -0.3 is 10.6 Å². The number of carbonyl (C=O) groups is 1. The number of halogens is 1. The Balaban J connectivity index is 0.00000192. The first kappa shape index (κ1) is 17.5. The van der Waals surface area contributed by atoms with Gasteiger partial charge in [-0.2, -0.15) is 0 Å². The van der Waals surface area contributed by atoms with E-state index in [9.17, 15) is 4.79 Å². The van der Waals surface area contributed by atoms with E-state index in [-0.39, 0.29) is 30.3 Å². The van der Waals surface area contributed by atoms with Crippen molar-refractivity contribution in [2.75, 3.05) is 13.1 Å². The van der Waals surface area contributed by atoms with Gasteiger partial charge in [0.2, 0.25) is 5.91 Å². The van der Waals surface area contributed by atoms with Crippen LogP contribution in [0.5, 0.6) is 0 Å². The minimum atomic E-state index is -0.125. The lowest BCUT2D eigenvalue weighted by atomic mass is 9.94. The predicted octanol–water partition coefficient (Wildman–Crippen LogP) is 3.22. The quantitative estimate of drug-likeness (QED) is 0.903. The Morgan fingerprint density at radius 1 is 1.17 bits per heavy atom. The predicted molar refractivity (Wildman–Crippen MR) is 96.0 cm³/mol. The summed E-state index contributed by atoms with van der Waals surface area (Å²) < 4.78 is 0. The van der Waals surface area contributed by atoms with Crippen molar-refractivity contribution in [1.29, 1.82) is 0 Å². The maximum atomic E-state index is 12.4. The highest BCUT2D eigenvalue weighted by atomic mass is 35.5. The van der Waals surface area contributed by atoms with Crippen LogP contribution in [-0.2, 0) is 11.2 Å². The zero-order valence-electron chi connectivity index (χ0n) is 13.3. The Morgan fingerprint density at radius 3 is 2.65 bits per heavy atom. The van der Waals surface area contributed by atoms with Gasteiger partial charge in [0.1, 0.15) is 0 Å². The minimum Gasteiger partial charge on any atom is -0.354 e. The molecule has 0 fully saturated rings. The van der Waals surface area contributed by atoms with Crippen LogP contribution in [0.25, 0.3) is 0 Å². The van der Waals surface area contributed by atoms with Crippen molar-refractivity contribution in [3.05, 3.63) is 71.3 Å². The molecule has 0 radical (unpaired) electrons. The molecule has 3 nitrogen and oxygen atoms in total. The summed E-state index contributed by atoms with van der Waals surface area (Å²) in [7, 11) is 0. The Kier molecular flexibility index (Phi) is 6.20. The highest BCUT2D eigenvalue weighted by Gasteiger charge is 2.21. The molecule has 1 heterocycles. The summed E-state index contributed by atoms with van der Waals surface area (Å²) in [5.74, 6) is -0.0453. The van der Waals surface area contributed by atoms with Crippen molar-refractivity contribution in [2.24, 2.45) is 0 Å². The lowest BCUT2D eigenvalue weighted by molar-refractivity contribution is -0.122. The summed E-state index contributed by atoms with van der Waals surface area (Å²) in [6.45, 7) is 3.55. The molecule has 1 amide bonds. The van der Waals surface area contributed by atoms with Gasteiger partial charge in [-0.15, -0.1) is 12.4 Å². The van der Waals surface area contributed by atoms with Gasteiger partial charge in [0.25, 0.3) is 0 Å². The zero-order valence-corrected chi connectivity index (χ0v) is 14.1. The van der Waals surface area contributed by atoms with Crippen molar-refractivity contribution < 1.29 is 4.79 Å². The average Bonchev–Trinajstić information content (AvgIpc) is 2.59. The topological polar surface area (TPSA) is 41.1 Å². The van der Waals surface area contributed by atoms with Gasteiger partial charge >= 0.3 is 0 Å². The molecule has 0 bridgehead atoms. The second-order valence-corrected chi connectivity index (χ2v) is 5.83. The van der Waals surface area contributed by atoms with Crippen molar-refractivity contribution >= 4 is 18.3 Å². The van der Waals surface area contributed by atoms with Crippen LogP contribution in [-0.4, -0.2) is 19.0 Å². The number of hydrogen-bond acceptors (Lipinski definition) is 2. The normalized spacial score (nSPS) is 17.5. The van der Waals surface area contributed by atoms with Gasteiger partial charge in [0.15, 0.2) is 0 Å². The van der Waals surface area contributed by atoms with Crippen molar-refractivity contribution in [1.82, 2.24) is 10.6 Å². The van der Waals surface area contributed by atoms with Crippen molar-refractivity contribution in [3.8, 4) is 0 Å². The summed E-state index contributed by atoms with van der Waals surface area (Å²) >= 11 is 0. The summed E-state index contributed by atoms with van der Waals surface area (Å²) in [5, 5.41) is 6.58. The molecule has 1 aliphatic heterocycles. The highest BCUT2D eigenvalue weighted by molar-refractivity contribution is 5.85. The van der Waals surface area contributed by atoms with E-state index in [2.05, 4.69) is 34.9 Å². The van der Waals surface area contributed by atoms with Crippen LogP contribution in [0.4, 0.5) is 0 Å². The zero-order chi connectivity index (χ0) is 15.4. The molecule has 0 aliphatic carbocycles. The first-order chi connectivity index (χ1) is 10.8. The molecule has 0 spiro atoms. The highest BCUT2D eigenvalue weighted by Crippen LogP contribution is 2.22. The van der Waals surface area contributed by atoms with E-state index < -0.39 is 0 Å². The summed E-state index contributed by atoms with van der Waals surface area (Å²) in [6.07, 6.45) is 1.06. The third-order valence-corrected chi connectivity index (χ3v) is 4.39. The first-order valence-corrected chi connectivity index (χ1v) is 7.89. The van der Waals surface area contributed by atoms with Crippen LogP contribution >= 0.6 is 12.4 Å². The van der Waals surface area contributed by atoms with Crippen LogP contribution < -0.4 is 10.6 Å². The van der Waals surface area contributed by atoms with E-state index in [0.29, 0.717) is 6.54 Å². The summed E-state index contributed by atoms with van der Waals surface area (Å²) in [4.78, 5) is 12.4. The molecule has 122 valence electrons. The molecule has 2 aromatic carbocycles. The summed E-state index contributed by atoms with van der Waals surface area (Å²) in [6, 6.07) is 18.6. The van der Waals surface area contributed by atoms with Gasteiger partial charge in [-0.25, -0.2) is 0 Å². The maximum absolute atomic E-state index is 12.4. The minimum absolute atomic E-state index is 0. The SMILES string of the molecule is CC(C(=O)NCC1NCCc2ccccc21)c1ccccc1.Cl. The van der Waals surface area contributed by atoms with Gasteiger partial charge in [0.05, 0.1) is 5.92 Å². The van der Waals surface area contributed by atoms with Crippen molar-refractivity contribution in [2.45, 2.75) is 25.3 Å². The molecule has 2 atom stereocenters. The van der Waals surface area contributed by atoms with Gasteiger partial charge in [0, 0.05) is 12.6 Å². The van der Waals surface area contributed by atoms with Crippen LogP contribution in [0.1, 0.15) is 35.6 Å². The number of rotatable bonds is 4. The summed E-state index contributed by atoms with van der Waals surface area (Å²) in [5.41, 5.74) is 3.75.